The molecule has 2 atom stereocenters. The molecule has 1 saturated carbocycles. The van der Waals surface area contributed by atoms with Gasteiger partial charge >= 0.3 is 6.03 Å². The number of carbonyl (C=O) groups excluding carboxylic acids is 2. The lowest BCUT2D eigenvalue weighted by molar-refractivity contribution is -0.133. The van der Waals surface area contributed by atoms with E-state index >= 15 is 0 Å². The van der Waals surface area contributed by atoms with Crippen LogP contribution in [0.2, 0.25) is 0 Å². The minimum absolute atomic E-state index is 0. The Labute approximate surface area is 269 Å². The maximum atomic E-state index is 13.6. The van der Waals surface area contributed by atoms with Gasteiger partial charge in [0.25, 0.3) is 5.91 Å². The number of sulfone groups is 1. The molecule has 0 aromatic heterocycles. The number of rotatable bonds is 8. The van der Waals surface area contributed by atoms with E-state index in [1.54, 1.807) is 12.1 Å². The number of carbonyl (C=O) groups is 2. The molecule has 44 heavy (non-hydrogen) atoms. The molecule has 3 saturated heterocycles. The Morgan fingerprint density at radius 1 is 0.864 bits per heavy atom. The Morgan fingerprint density at radius 2 is 1.52 bits per heavy atom. The highest BCUT2D eigenvalue weighted by Gasteiger charge is 2.52. The average Bonchev–Trinajstić information content (AvgIpc) is 3.48. The molecule has 6 rings (SSSR count). The van der Waals surface area contributed by atoms with Gasteiger partial charge in [-0.25, -0.2) is 13.2 Å². The lowest BCUT2D eigenvalue weighted by atomic mass is 9.85. The molecule has 4 aliphatic rings. The van der Waals surface area contributed by atoms with Crippen LogP contribution in [0.5, 0.6) is 0 Å². The third-order valence-corrected chi connectivity index (χ3v) is 11.3. The summed E-state index contributed by atoms with van der Waals surface area (Å²) in [6, 6.07) is 17.0. The highest BCUT2D eigenvalue weighted by molar-refractivity contribution is 7.90. The summed E-state index contributed by atoms with van der Waals surface area (Å²) in [5.41, 5.74) is 1.31. The summed E-state index contributed by atoms with van der Waals surface area (Å²) in [7, 11) is -3.30. The van der Waals surface area contributed by atoms with Gasteiger partial charge in [0.1, 0.15) is 5.54 Å². The van der Waals surface area contributed by atoms with Crippen LogP contribution in [0.4, 0.5) is 4.79 Å². The first-order chi connectivity index (χ1) is 20.2. The highest BCUT2D eigenvalue weighted by Crippen LogP contribution is 2.37. The van der Waals surface area contributed by atoms with Gasteiger partial charge in [-0.05, 0) is 60.8 Å². The number of nitrogens with one attached hydrogen (secondary N) is 1. The Morgan fingerprint density at radius 3 is 2.16 bits per heavy atom. The summed E-state index contributed by atoms with van der Waals surface area (Å²) in [5.74, 6) is 1.73. The van der Waals surface area contributed by atoms with Crippen LogP contribution >= 0.6 is 12.4 Å². The standard InChI is InChI=1S/C33H44N4O4S.CH4.ClH/c1-42(40,41)29-14-12-26(13-15-29)21-37-31(38)33(34-32(37)39)16-18-35(19-17-33)22-28-23-36(20-25-8-4-2-5-9-25)24-30(28)27-10-6-3-7-11-27;;/h3,6-7,10-15,25,28,30H,2,4-5,8-9,16-24H2,1H3,(H,34,39);1H4;1H/t28-,30+;;/m0../s1. The molecule has 1 aliphatic carbocycles. The number of urea groups is 1. The molecule has 0 unspecified atom stereocenters. The average molecular weight is 645 g/mol. The van der Waals surface area contributed by atoms with Crippen molar-refractivity contribution in [2.45, 2.75) is 75.3 Å². The van der Waals surface area contributed by atoms with Crippen molar-refractivity contribution in [2.75, 3.05) is 45.5 Å². The number of imide groups is 1. The van der Waals surface area contributed by atoms with Crippen LogP contribution in [0.3, 0.4) is 0 Å². The molecule has 3 amide bonds. The Kier molecular flexibility index (Phi) is 11.2. The van der Waals surface area contributed by atoms with Crippen molar-refractivity contribution in [3.63, 3.8) is 0 Å². The van der Waals surface area contributed by atoms with Gasteiger partial charge in [-0.2, -0.15) is 0 Å². The summed E-state index contributed by atoms with van der Waals surface area (Å²) in [6.45, 7) is 6.17. The van der Waals surface area contributed by atoms with Gasteiger partial charge in [-0.3, -0.25) is 9.69 Å². The zero-order valence-electron chi connectivity index (χ0n) is 25.1. The first-order valence-corrected chi connectivity index (χ1v) is 17.5. The summed E-state index contributed by atoms with van der Waals surface area (Å²) < 4.78 is 23.6. The Balaban J connectivity index is 0.00000221. The summed E-state index contributed by atoms with van der Waals surface area (Å²) in [4.78, 5) is 33.2. The second-order valence-corrected chi connectivity index (χ2v) is 15.1. The number of hydrogen-bond acceptors (Lipinski definition) is 6. The third-order valence-electron chi connectivity index (χ3n) is 10.1. The fraction of sp³-hybridized carbons (Fsp3) is 0.588. The summed E-state index contributed by atoms with van der Waals surface area (Å²) in [6.07, 6.45) is 9.26. The van der Waals surface area contributed by atoms with E-state index < -0.39 is 15.4 Å². The Bertz CT molecular complexity index is 1370. The molecule has 1 spiro atoms. The van der Waals surface area contributed by atoms with Crippen molar-refractivity contribution < 1.29 is 18.0 Å². The van der Waals surface area contributed by atoms with E-state index in [9.17, 15) is 18.0 Å². The number of amides is 3. The Hall–Kier alpha value is -2.46. The summed E-state index contributed by atoms with van der Waals surface area (Å²) >= 11 is 0. The smallest absolute Gasteiger partial charge is 0.323 e. The quantitative estimate of drug-likeness (QED) is 0.391. The van der Waals surface area contributed by atoms with E-state index in [0.29, 0.717) is 24.7 Å². The van der Waals surface area contributed by atoms with Crippen molar-refractivity contribution in [3.05, 3.63) is 65.7 Å². The van der Waals surface area contributed by atoms with Crippen LogP contribution in [0.15, 0.2) is 59.5 Å². The van der Waals surface area contributed by atoms with E-state index in [2.05, 4.69) is 45.4 Å². The van der Waals surface area contributed by atoms with E-state index in [0.717, 1.165) is 50.5 Å². The zero-order valence-corrected chi connectivity index (χ0v) is 26.8. The molecule has 242 valence electrons. The molecular formula is C34H49ClN4O4S. The van der Waals surface area contributed by atoms with Crippen molar-refractivity contribution in [2.24, 2.45) is 11.8 Å². The normalized spacial score (nSPS) is 24.6. The monoisotopic (exact) mass is 644 g/mol. The van der Waals surface area contributed by atoms with Gasteiger partial charge in [0, 0.05) is 51.4 Å². The lowest BCUT2D eigenvalue weighted by Gasteiger charge is -2.39. The lowest BCUT2D eigenvalue weighted by Crippen LogP contribution is -2.55. The molecular weight excluding hydrogens is 596 g/mol. The number of nitrogens with zero attached hydrogens (tertiary/aromatic N) is 3. The van der Waals surface area contributed by atoms with Gasteiger partial charge in [0.05, 0.1) is 11.4 Å². The van der Waals surface area contributed by atoms with Crippen LogP contribution in [0.1, 0.15) is 69.4 Å². The van der Waals surface area contributed by atoms with Crippen LogP contribution in [-0.2, 0) is 21.2 Å². The van der Waals surface area contributed by atoms with Gasteiger partial charge in [0.2, 0.25) is 0 Å². The number of likely N-dealkylation sites (tertiary alicyclic amines) is 2. The van der Waals surface area contributed by atoms with Crippen LogP contribution in [-0.4, -0.2) is 86.1 Å². The van der Waals surface area contributed by atoms with Crippen molar-refractivity contribution in [1.82, 2.24) is 20.0 Å². The van der Waals surface area contributed by atoms with Crippen molar-refractivity contribution in [3.8, 4) is 0 Å². The number of hydrogen-bond donors (Lipinski definition) is 1. The van der Waals surface area contributed by atoms with Gasteiger partial charge < -0.3 is 15.1 Å². The third kappa shape index (κ3) is 7.49. The van der Waals surface area contributed by atoms with Gasteiger partial charge in [0.15, 0.2) is 9.84 Å². The summed E-state index contributed by atoms with van der Waals surface area (Å²) in [5, 5.41) is 3.03. The molecule has 2 aromatic carbocycles. The van der Waals surface area contributed by atoms with E-state index in [-0.39, 0.29) is 43.2 Å². The molecule has 0 bridgehead atoms. The maximum Gasteiger partial charge on any atom is 0.325 e. The predicted octanol–water partition coefficient (Wildman–Crippen LogP) is 5.33. The van der Waals surface area contributed by atoms with Gasteiger partial charge in [-0.15, -0.1) is 12.4 Å². The predicted molar refractivity (Wildman–Crippen MR) is 177 cm³/mol. The number of piperidine rings is 1. The van der Waals surface area contributed by atoms with Crippen molar-refractivity contribution >= 4 is 34.2 Å². The largest absolute Gasteiger partial charge is 0.325 e. The minimum atomic E-state index is -3.30. The molecule has 8 nitrogen and oxygen atoms in total. The van der Waals surface area contributed by atoms with Crippen LogP contribution < -0.4 is 5.32 Å². The highest BCUT2D eigenvalue weighted by atomic mass is 35.5. The van der Waals surface area contributed by atoms with E-state index in [4.69, 9.17) is 0 Å². The van der Waals surface area contributed by atoms with E-state index in [1.165, 1.54) is 61.2 Å². The molecule has 1 N–H and O–H groups in total. The topological polar surface area (TPSA) is 90.0 Å². The van der Waals surface area contributed by atoms with Crippen molar-refractivity contribution in [1.29, 1.82) is 0 Å². The molecule has 2 aromatic rings. The minimum Gasteiger partial charge on any atom is -0.323 e. The first-order valence-electron chi connectivity index (χ1n) is 15.6. The molecule has 3 heterocycles. The fourth-order valence-corrected chi connectivity index (χ4v) is 8.37. The maximum absolute atomic E-state index is 13.6. The van der Waals surface area contributed by atoms with Crippen LogP contribution in [0.25, 0.3) is 0 Å². The molecule has 10 heteroatoms. The second-order valence-electron chi connectivity index (χ2n) is 13.1. The molecule has 3 aliphatic heterocycles. The zero-order chi connectivity index (χ0) is 29.3. The SMILES string of the molecule is C.CS(=O)(=O)c1ccc(CN2C(=O)NC3(CCN(C[C@H]4CN(CC5CCCCC5)C[C@@H]4c4ccccc4)CC3)C2=O)cc1.Cl. The van der Waals surface area contributed by atoms with E-state index in [1.807, 2.05) is 0 Å². The first kappa shape index (κ1) is 34.4. The number of benzene rings is 2. The van der Waals surface area contributed by atoms with Gasteiger partial charge in [-0.1, -0.05) is 69.2 Å². The fourth-order valence-electron chi connectivity index (χ4n) is 7.74. The molecule has 4 fully saturated rings. The number of halogens is 1. The van der Waals surface area contributed by atoms with Crippen LogP contribution in [0, 0.1) is 11.8 Å². The molecule has 0 radical (unpaired) electrons. The second kappa shape index (κ2) is 14.3.